The maximum Gasteiger partial charge on any atom is 0.416 e. The maximum atomic E-state index is 13.0. The minimum absolute atomic E-state index is 0.0205. The van der Waals surface area contributed by atoms with Crippen LogP contribution in [0.25, 0.3) is 22.4 Å². The second-order valence-corrected chi connectivity index (χ2v) is 9.32. The highest BCUT2D eigenvalue weighted by Crippen LogP contribution is 2.30. The van der Waals surface area contributed by atoms with Gasteiger partial charge in [-0.25, -0.2) is 0 Å². The molecule has 0 saturated heterocycles. The zero-order valence-electron chi connectivity index (χ0n) is 19.1. The number of alkyl halides is 3. The lowest BCUT2D eigenvalue weighted by atomic mass is 10.2. The van der Waals surface area contributed by atoms with Gasteiger partial charge in [-0.15, -0.1) is 5.10 Å². The fourth-order valence-electron chi connectivity index (χ4n) is 3.48. The molecule has 5 rings (SSSR count). The first-order valence-corrected chi connectivity index (χ1v) is 12.1. The SMILES string of the molecule is O=C(COc1ccc(Cl)cc1/C=c1\sc2nc(-c3ccncc3)nn2c1=O)Nc1cccc(C(F)(F)F)c1. The molecule has 5 aromatic rings. The van der Waals surface area contributed by atoms with E-state index in [2.05, 4.69) is 20.4 Å². The van der Waals surface area contributed by atoms with Crippen LogP contribution in [0.4, 0.5) is 18.9 Å². The average molecular weight is 558 g/mol. The van der Waals surface area contributed by atoms with Crippen LogP contribution in [-0.4, -0.2) is 32.1 Å². The molecule has 0 saturated carbocycles. The number of anilines is 1. The van der Waals surface area contributed by atoms with Gasteiger partial charge in [0.25, 0.3) is 11.5 Å². The van der Waals surface area contributed by atoms with Crippen molar-refractivity contribution in [2.45, 2.75) is 6.18 Å². The summed E-state index contributed by atoms with van der Waals surface area (Å²) in [4.78, 5) is 34.0. The van der Waals surface area contributed by atoms with E-state index in [1.54, 1.807) is 42.7 Å². The van der Waals surface area contributed by atoms with Crippen molar-refractivity contribution in [2.75, 3.05) is 11.9 Å². The Balaban J connectivity index is 1.36. The summed E-state index contributed by atoms with van der Waals surface area (Å²) in [5.41, 5.74) is -0.169. The minimum atomic E-state index is -4.54. The van der Waals surface area contributed by atoms with Crippen LogP contribution in [0, 0.1) is 0 Å². The van der Waals surface area contributed by atoms with E-state index in [9.17, 15) is 22.8 Å². The number of halogens is 4. The lowest BCUT2D eigenvalue weighted by Crippen LogP contribution is -2.24. The Morgan fingerprint density at radius 1 is 1.13 bits per heavy atom. The molecule has 192 valence electrons. The molecule has 2 aromatic carbocycles. The predicted octanol–water partition coefficient (Wildman–Crippen LogP) is 4.45. The van der Waals surface area contributed by atoms with Crippen molar-refractivity contribution in [1.29, 1.82) is 0 Å². The highest BCUT2D eigenvalue weighted by Gasteiger charge is 2.30. The van der Waals surface area contributed by atoms with Gasteiger partial charge in [0.1, 0.15) is 5.75 Å². The van der Waals surface area contributed by atoms with Crippen molar-refractivity contribution in [3.8, 4) is 17.1 Å². The van der Waals surface area contributed by atoms with E-state index in [0.717, 1.165) is 29.0 Å². The van der Waals surface area contributed by atoms with E-state index >= 15 is 0 Å². The first-order chi connectivity index (χ1) is 18.2. The second-order valence-electron chi connectivity index (χ2n) is 7.88. The first-order valence-electron chi connectivity index (χ1n) is 10.9. The lowest BCUT2D eigenvalue weighted by molar-refractivity contribution is -0.137. The molecule has 13 heteroatoms. The van der Waals surface area contributed by atoms with Gasteiger partial charge in [-0.2, -0.15) is 22.7 Å². The van der Waals surface area contributed by atoms with Gasteiger partial charge in [0, 0.05) is 34.2 Å². The molecule has 38 heavy (non-hydrogen) atoms. The second kappa shape index (κ2) is 10.2. The van der Waals surface area contributed by atoms with Crippen molar-refractivity contribution in [2.24, 2.45) is 0 Å². The van der Waals surface area contributed by atoms with Crippen LogP contribution < -0.4 is 20.1 Å². The van der Waals surface area contributed by atoms with Crippen molar-refractivity contribution in [3.63, 3.8) is 0 Å². The topological polar surface area (TPSA) is 98.5 Å². The van der Waals surface area contributed by atoms with Crippen molar-refractivity contribution in [1.82, 2.24) is 19.6 Å². The third-order valence-corrected chi connectivity index (χ3v) is 6.41. The Morgan fingerprint density at radius 2 is 1.92 bits per heavy atom. The smallest absolute Gasteiger partial charge is 0.416 e. The number of amides is 1. The molecule has 0 aliphatic rings. The number of hydrogen-bond acceptors (Lipinski definition) is 7. The van der Waals surface area contributed by atoms with Crippen LogP contribution in [0.5, 0.6) is 5.75 Å². The van der Waals surface area contributed by atoms with Gasteiger partial charge in [-0.1, -0.05) is 29.0 Å². The number of rotatable bonds is 6. The van der Waals surface area contributed by atoms with Gasteiger partial charge in [-0.05, 0) is 54.6 Å². The molecule has 0 aliphatic carbocycles. The van der Waals surface area contributed by atoms with E-state index < -0.39 is 29.8 Å². The van der Waals surface area contributed by atoms with E-state index in [-0.39, 0.29) is 11.4 Å². The average Bonchev–Trinajstić information content (AvgIpc) is 3.43. The highest BCUT2D eigenvalue weighted by atomic mass is 35.5. The zero-order chi connectivity index (χ0) is 26.9. The number of nitrogens with zero attached hydrogens (tertiary/aromatic N) is 4. The maximum absolute atomic E-state index is 13.0. The molecule has 0 aliphatic heterocycles. The molecule has 1 N–H and O–H groups in total. The molecule has 0 unspecified atom stereocenters. The van der Waals surface area contributed by atoms with Crippen LogP contribution in [-0.2, 0) is 11.0 Å². The number of hydrogen-bond donors (Lipinski definition) is 1. The molecule has 3 aromatic heterocycles. The number of carbonyl (C=O) groups excluding carboxylic acids is 1. The minimum Gasteiger partial charge on any atom is -0.483 e. The van der Waals surface area contributed by atoms with Gasteiger partial charge in [0.05, 0.1) is 10.1 Å². The predicted molar refractivity (Wildman–Crippen MR) is 136 cm³/mol. The van der Waals surface area contributed by atoms with Crippen LogP contribution in [0.3, 0.4) is 0 Å². The van der Waals surface area contributed by atoms with Gasteiger partial charge in [0.2, 0.25) is 4.96 Å². The quantitative estimate of drug-likeness (QED) is 0.331. The lowest BCUT2D eigenvalue weighted by Gasteiger charge is -2.11. The van der Waals surface area contributed by atoms with E-state index in [1.807, 2.05) is 0 Å². The normalized spacial score (nSPS) is 12.2. The number of benzene rings is 2. The summed E-state index contributed by atoms with van der Waals surface area (Å²) in [5.74, 6) is -0.0394. The monoisotopic (exact) mass is 557 g/mol. The molecular weight excluding hydrogens is 543 g/mol. The van der Waals surface area contributed by atoms with Crippen molar-refractivity contribution in [3.05, 3.63) is 98.0 Å². The number of fused-ring (bicyclic) bond motifs is 1. The molecule has 0 spiro atoms. The molecule has 0 bridgehead atoms. The molecule has 0 fully saturated rings. The summed E-state index contributed by atoms with van der Waals surface area (Å²) in [6.07, 6.45) is 0.206. The molecular formula is C25H15ClF3N5O3S. The highest BCUT2D eigenvalue weighted by molar-refractivity contribution is 7.15. The number of carbonyl (C=O) groups is 1. The summed E-state index contributed by atoms with van der Waals surface area (Å²) in [7, 11) is 0. The summed E-state index contributed by atoms with van der Waals surface area (Å²) in [6, 6.07) is 12.4. The molecule has 0 radical (unpaired) electrons. The zero-order valence-corrected chi connectivity index (χ0v) is 20.6. The van der Waals surface area contributed by atoms with Crippen LogP contribution in [0.1, 0.15) is 11.1 Å². The Kier molecular flexibility index (Phi) is 6.83. The Bertz CT molecular complexity index is 1760. The molecule has 0 atom stereocenters. The largest absolute Gasteiger partial charge is 0.483 e. The summed E-state index contributed by atoms with van der Waals surface area (Å²) in [5, 5.41) is 7.02. The van der Waals surface area contributed by atoms with Gasteiger partial charge < -0.3 is 10.1 Å². The number of thiazole rings is 1. The molecule has 8 nitrogen and oxygen atoms in total. The number of aromatic nitrogens is 4. The third-order valence-electron chi connectivity index (χ3n) is 5.21. The Labute approximate surface area is 221 Å². The van der Waals surface area contributed by atoms with Crippen molar-refractivity contribution >= 4 is 45.6 Å². The van der Waals surface area contributed by atoms with Crippen LogP contribution in [0.2, 0.25) is 5.02 Å². The van der Waals surface area contributed by atoms with Gasteiger partial charge in [0.15, 0.2) is 12.4 Å². The first kappa shape index (κ1) is 25.4. The number of pyridine rings is 1. The summed E-state index contributed by atoms with van der Waals surface area (Å²) >= 11 is 7.25. The van der Waals surface area contributed by atoms with E-state index in [0.29, 0.717) is 25.9 Å². The van der Waals surface area contributed by atoms with Crippen molar-refractivity contribution < 1.29 is 22.7 Å². The summed E-state index contributed by atoms with van der Waals surface area (Å²) in [6.45, 7) is -0.493. The Morgan fingerprint density at radius 3 is 2.66 bits per heavy atom. The van der Waals surface area contributed by atoms with Crippen LogP contribution in [0.15, 0.2) is 71.8 Å². The standard InChI is InChI=1S/C25H15ClF3N5O3S/c26-17-4-5-19(37-13-21(35)31-18-3-1-2-16(12-18)25(27,28)29)15(10-17)11-20-23(36)34-24(38-20)32-22(33-34)14-6-8-30-9-7-14/h1-12H,13H2,(H,31,35)/b20-11-. The van der Waals surface area contributed by atoms with E-state index in [4.69, 9.17) is 16.3 Å². The number of ether oxygens (including phenoxy) is 1. The van der Waals surface area contributed by atoms with Crippen LogP contribution >= 0.6 is 22.9 Å². The molecule has 3 heterocycles. The fourth-order valence-corrected chi connectivity index (χ4v) is 4.55. The number of nitrogens with one attached hydrogen (secondary N) is 1. The van der Waals surface area contributed by atoms with E-state index in [1.165, 1.54) is 22.7 Å². The molecule has 1 amide bonds. The fraction of sp³-hybridized carbons (Fsp3) is 0.0800. The van der Waals surface area contributed by atoms with Gasteiger partial charge in [-0.3, -0.25) is 14.6 Å². The summed E-state index contributed by atoms with van der Waals surface area (Å²) < 4.78 is 45.9. The third kappa shape index (κ3) is 5.50. The van der Waals surface area contributed by atoms with Gasteiger partial charge >= 0.3 is 6.18 Å². The Hall–Kier alpha value is -4.29.